The van der Waals surface area contributed by atoms with Gasteiger partial charge in [-0.15, -0.1) is 0 Å². The van der Waals surface area contributed by atoms with Gasteiger partial charge in [0.1, 0.15) is 12.2 Å². The van der Waals surface area contributed by atoms with Crippen molar-refractivity contribution in [2.45, 2.75) is 38.5 Å². The van der Waals surface area contributed by atoms with Crippen molar-refractivity contribution in [3.63, 3.8) is 0 Å². The van der Waals surface area contributed by atoms with Gasteiger partial charge in [0.05, 0.1) is 19.5 Å². The van der Waals surface area contributed by atoms with Crippen molar-refractivity contribution in [3.8, 4) is 0 Å². The fourth-order valence-corrected chi connectivity index (χ4v) is 1.71. The molecule has 0 bridgehead atoms. The lowest BCUT2D eigenvalue weighted by Crippen LogP contribution is -2.45. The van der Waals surface area contributed by atoms with Gasteiger partial charge in [0.15, 0.2) is 11.8 Å². The second-order valence-corrected chi connectivity index (χ2v) is 4.60. The highest BCUT2D eigenvalue weighted by Gasteiger charge is 2.30. The van der Waals surface area contributed by atoms with E-state index in [1.54, 1.807) is 6.92 Å². The van der Waals surface area contributed by atoms with E-state index in [1.807, 2.05) is 5.32 Å². The smallest absolute Gasteiger partial charge is 0.405 e. The molecule has 8 nitrogen and oxygen atoms in total. The minimum atomic E-state index is -1.33. The molecule has 118 valence electrons. The Labute approximate surface area is 122 Å². The van der Waals surface area contributed by atoms with Crippen LogP contribution >= 0.6 is 0 Å². The molecule has 1 aliphatic rings. The fraction of sp³-hybridized carbons (Fsp3) is 0.615. The SMILES string of the molecule is CC(=O)/C=C/OC1CCOC[C@H](NC(=O)O)C(=O)OC1C. The second-order valence-electron chi connectivity index (χ2n) is 4.60. The van der Waals surface area contributed by atoms with E-state index in [4.69, 9.17) is 19.3 Å². The van der Waals surface area contributed by atoms with Gasteiger partial charge in [0.2, 0.25) is 0 Å². The number of ketones is 1. The van der Waals surface area contributed by atoms with E-state index >= 15 is 0 Å². The molecule has 0 aromatic heterocycles. The van der Waals surface area contributed by atoms with E-state index in [-0.39, 0.29) is 19.0 Å². The van der Waals surface area contributed by atoms with Crippen molar-refractivity contribution in [1.29, 1.82) is 0 Å². The highest BCUT2D eigenvalue weighted by molar-refractivity contribution is 5.86. The Balaban J connectivity index is 2.66. The summed E-state index contributed by atoms with van der Waals surface area (Å²) in [5, 5.41) is 10.7. The van der Waals surface area contributed by atoms with E-state index in [9.17, 15) is 14.4 Å². The number of hydrogen-bond donors (Lipinski definition) is 2. The van der Waals surface area contributed by atoms with Crippen molar-refractivity contribution < 1.29 is 33.7 Å². The summed E-state index contributed by atoms with van der Waals surface area (Å²) in [4.78, 5) is 33.2. The summed E-state index contributed by atoms with van der Waals surface area (Å²) in [5.74, 6) is -0.888. The van der Waals surface area contributed by atoms with Crippen LogP contribution in [0.5, 0.6) is 0 Å². The molecule has 1 saturated heterocycles. The maximum absolute atomic E-state index is 11.8. The molecule has 0 spiro atoms. The first-order chi connectivity index (χ1) is 9.90. The van der Waals surface area contributed by atoms with E-state index < -0.39 is 30.3 Å². The van der Waals surface area contributed by atoms with E-state index in [1.165, 1.54) is 19.3 Å². The van der Waals surface area contributed by atoms with Crippen molar-refractivity contribution in [2.75, 3.05) is 13.2 Å². The summed E-state index contributed by atoms with van der Waals surface area (Å²) < 4.78 is 15.8. The third kappa shape index (κ3) is 6.26. The molecule has 0 saturated carbocycles. The Bertz CT molecular complexity index is 421. The lowest BCUT2D eigenvalue weighted by Gasteiger charge is -2.23. The summed E-state index contributed by atoms with van der Waals surface area (Å²) in [5.41, 5.74) is 0. The number of esters is 1. The molecule has 21 heavy (non-hydrogen) atoms. The van der Waals surface area contributed by atoms with Crippen LogP contribution in [0.3, 0.4) is 0 Å². The van der Waals surface area contributed by atoms with Crippen LogP contribution in [-0.4, -0.2) is 54.4 Å². The van der Waals surface area contributed by atoms with Crippen LogP contribution < -0.4 is 5.32 Å². The van der Waals surface area contributed by atoms with Crippen LogP contribution in [0.1, 0.15) is 20.3 Å². The molecule has 0 radical (unpaired) electrons. The zero-order valence-corrected chi connectivity index (χ0v) is 11.9. The van der Waals surface area contributed by atoms with Crippen LogP contribution in [0.2, 0.25) is 0 Å². The van der Waals surface area contributed by atoms with E-state index in [2.05, 4.69) is 0 Å². The van der Waals surface area contributed by atoms with Gasteiger partial charge >= 0.3 is 12.1 Å². The summed E-state index contributed by atoms with van der Waals surface area (Å²) in [7, 11) is 0. The van der Waals surface area contributed by atoms with E-state index in [0.29, 0.717) is 6.42 Å². The molecule has 1 heterocycles. The molecule has 2 unspecified atom stereocenters. The molecular formula is C13H19NO7. The number of carbonyl (C=O) groups excluding carboxylic acids is 2. The van der Waals surface area contributed by atoms with Crippen molar-refractivity contribution >= 4 is 17.8 Å². The number of rotatable bonds is 4. The minimum absolute atomic E-state index is 0.103. The van der Waals surface area contributed by atoms with Gasteiger partial charge in [0.25, 0.3) is 0 Å². The Morgan fingerprint density at radius 1 is 1.48 bits per heavy atom. The number of ether oxygens (including phenoxy) is 3. The number of cyclic esters (lactones) is 1. The molecule has 0 aromatic rings. The summed E-state index contributed by atoms with van der Waals surface area (Å²) in [6.45, 7) is 3.19. The maximum atomic E-state index is 11.8. The third-order valence-electron chi connectivity index (χ3n) is 2.80. The molecular weight excluding hydrogens is 282 g/mol. The van der Waals surface area contributed by atoms with Crippen LogP contribution in [0.15, 0.2) is 12.3 Å². The van der Waals surface area contributed by atoms with Gasteiger partial charge in [-0.2, -0.15) is 0 Å². The second kappa shape index (κ2) is 8.25. The first kappa shape index (κ1) is 17.0. The summed E-state index contributed by atoms with van der Waals surface area (Å²) >= 11 is 0. The number of hydrogen-bond acceptors (Lipinski definition) is 6. The highest BCUT2D eigenvalue weighted by atomic mass is 16.6. The number of amides is 1. The topological polar surface area (TPSA) is 111 Å². The molecule has 2 N–H and O–H groups in total. The highest BCUT2D eigenvalue weighted by Crippen LogP contribution is 2.13. The zero-order valence-electron chi connectivity index (χ0n) is 11.9. The van der Waals surface area contributed by atoms with Gasteiger partial charge in [0, 0.05) is 12.5 Å². The standard InChI is InChI=1S/C13H19NO7/c1-8(15)3-6-20-11-4-5-19-7-10(14-13(17)18)12(16)21-9(11)2/h3,6,9-11,14H,4-5,7H2,1-2H3,(H,17,18)/b6-3+/t9?,10-,11?/m0/s1. The number of nitrogens with one attached hydrogen (secondary N) is 1. The van der Waals surface area contributed by atoms with Crippen molar-refractivity contribution in [3.05, 3.63) is 12.3 Å². The number of carbonyl (C=O) groups is 3. The van der Waals surface area contributed by atoms with Crippen LogP contribution in [0.4, 0.5) is 4.79 Å². The van der Waals surface area contributed by atoms with Gasteiger partial charge in [-0.1, -0.05) is 0 Å². The lowest BCUT2D eigenvalue weighted by molar-refractivity contribution is -0.156. The molecule has 1 aliphatic heterocycles. The Kier molecular flexibility index (Phi) is 6.67. The molecule has 8 heteroatoms. The van der Waals surface area contributed by atoms with E-state index in [0.717, 1.165) is 0 Å². The zero-order chi connectivity index (χ0) is 15.8. The van der Waals surface area contributed by atoms with Crippen molar-refractivity contribution in [2.24, 2.45) is 0 Å². The first-order valence-electron chi connectivity index (χ1n) is 6.50. The van der Waals surface area contributed by atoms with Crippen LogP contribution in [-0.2, 0) is 23.8 Å². The quantitative estimate of drug-likeness (QED) is 0.441. The van der Waals surface area contributed by atoms with Gasteiger partial charge in [-0.3, -0.25) is 4.79 Å². The molecule has 3 atom stereocenters. The summed E-state index contributed by atoms with van der Waals surface area (Å²) in [6, 6.07) is -1.07. The first-order valence-corrected chi connectivity index (χ1v) is 6.50. The molecule has 1 amide bonds. The fourth-order valence-electron chi connectivity index (χ4n) is 1.71. The van der Waals surface area contributed by atoms with Crippen LogP contribution in [0.25, 0.3) is 0 Å². The minimum Gasteiger partial charge on any atom is -0.494 e. The van der Waals surface area contributed by atoms with Gasteiger partial charge in [-0.05, 0) is 13.8 Å². The summed E-state index contributed by atoms with van der Waals surface area (Å²) in [6.07, 6.45) is 0.543. The van der Waals surface area contributed by atoms with Gasteiger partial charge < -0.3 is 24.6 Å². The Morgan fingerprint density at radius 3 is 2.81 bits per heavy atom. The normalized spacial score (nSPS) is 27.1. The maximum Gasteiger partial charge on any atom is 0.405 e. The Morgan fingerprint density at radius 2 is 2.19 bits per heavy atom. The van der Waals surface area contributed by atoms with Crippen LogP contribution in [0, 0.1) is 0 Å². The average Bonchev–Trinajstić information content (AvgIpc) is 2.43. The number of allylic oxidation sites excluding steroid dienone is 1. The van der Waals surface area contributed by atoms with Gasteiger partial charge in [-0.25, -0.2) is 9.59 Å². The average molecular weight is 301 g/mol. The number of carboxylic acid groups (broad SMARTS) is 1. The molecule has 0 aromatic carbocycles. The molecule has 0 aliphatic carbocycles. The lowest BCUT2D eigenvalue weighted by atomic mass is 10.1. The predicted molar refractivity (Wildman–Crippen MR) is 70.6 cm³/mol. The van der Waals surface area contributed by atoms with Crippen molar-refractivity contribution in [1.82, 2.24) is 5.32 Å². The largest absolute Gasteiger partial charge is 0.494 e. The molecule has 1 rings (SSSR count). The molecule has 1 fully saturated rings. The Hall–Kier alpha value is -2.09. The third-order valence-corrected chi connectivity index (χ3v) is 2.80. The monoisotopic (exact) mass is 301 g/mol. The predicted octanol–water partition coefficient (Wildman–Crippen LogP) is 0.463.